The molecule has 0 aliphatic heterocycles. The molecule has 0 aliphatic carbocycles. The third-order valence-electron chi connectivity index (χ3n) is 3.49. The van der Waals surface area contributed by atoms with Crippen LogP contribution in [0.5, 0.6) is 0 Å². The summed E-state index contributed by atoms with van der Waals surface area (Å²) in [6.07, 6.45) is 1.58. The molecule has 0 aliphatic rings. The molecule has 0 unspecified atom stereocenters. The van der Waals surface area contributed by atoms with Crippen LogP contribution in [0.3, 0.4) is 0 Å². The van der Waals surface area contributed by atoms with Crippen LogP contribution in [0.4, 0.5) is 0 Å². The Bertz CT molecular complexity index is 811. The average Bonchev–Trinajstić information content (AvgIpc) is 3.22. The van der Waals surface area contributed by atoms with Crippen molar-refractivity contribution in [3.8, 4) is 0 Å². The van der Waals surface area contributed by atoms with Crippen molar-refractivity contribution in [3.05, 3.63) is 58.0 Å². The maximum atomic E-state index is 12.5. The maximum absolute atomic E-state index is 12.5. The van der Waals surface area contributed by atoms with E-state index >= 15 is 0 Å². The summed E-state index contributed by atoms with van der Waals surface area (Å²) in [6, 6.07) is 7.52. The lowest BCUT2D eigenvalue weighted by Crippen LogP contribution is -2.29. The molecular formula is C15H16N2O4S2. The summed E-state index contributed by atoms with van der Waals surface area (Å²) >= 11 is 1.56. The summed E-state index contributed by atoms with van der Waals surface area (Å²) in [4.78, 5) is 1.13. The fraction of sp³-hybridized carbons (Fsp3) is 0.267. The van der Waals surface area contributed by atoms with Crippen LogP contribution in [0, 0.1) is 13.8 Å². The Morgan fingerprint density at radius 3 is 2.70 bits per heavy atom. The molecule has 3 heterocycles. The molecule has 6 nitrogen and oxygen atoms in total. The van der Waals surface area contributed by atoms with Crippen LogP contribution < -0.4 is 4.72 Å². The van der Waals surface area contributed by atoms with E-state index in [2.05, 4.69) is 9.88 Å². The number of nitrogens with one attached hydrogen (secondary N) is 1. The second kappa shape index (κ2) is 6.31. The molecule has 0 spiro atoms. The number of hydrogen-bond donors (Lipinski definition) is 1. The zero-order valence-corrected chi connectivity index (χ0v) is 14.3. The number of sulfonamides is 1. The molecule has 122 valence electrons. The lowest BCUT2D eigenvalue weighted by atomic mass is 10.1. The fourth-order valence-electron chi connectivity index (χ4n) is 2.44. The molecule has 0 fully saturated rings. The number of aryl methyl sites for hydroxylation is 2. The minimum Gasteiger partial charge on any atom is -0.469 e. The number of aromatic nitrogens is 1. The van der Waals surface area contributed by atoms with Crippen molar-refractivity contribution in [2.24, 2.45) is 0 Å². The predicted octanol–water partition coefficient (Wildman–Crippen LogP) is 3.06. The van der Waals surface area contributed by atoms with Crippen molar-refractivity contribution in [3.63, 3.8) is 0 Å². The molecule has 0 saturated heterocycles. The number of rotatable bonds is 6. The Labute approximate surface area is 138 Å². The van der Waals surface area contributed by atoms with Gasteiger partial charge in [-0.3, -0.25) is 0 Å². The summed E-state index contributed by atoms with van der Waals surface area (Å²) in [5, 5.41) is 5.65. The van der Waals surface area contributed by atoms with E-state index in [9.17, 15) is 8.42 Å². The van der Waals surface area contributed by atoms with E-state index in [4.69, 9.17) is 8.94 Å². The first-order valence-electron chi connectivity index (χ1n) is 6.98. The first-order chi connectivity index (χ1) is 11.0. The van der Waals surface area contributed by atoms with Gasteiger partial charge in [0.15, 0.2) is 5.76 Å². The van der Waals surface area contributed by atoms with Crippen molar-refractivity contribution >= 4 is 21.4 Å². The minimum absolute atomic E-state index is 0.0990. The Morgan fingerprint density at radius 1 is 1.30 bits per heavy atom. The Balaban J connectivity index is 1.85. The second-order valence-corrected chi connectivity index (χ2v) is 7.77. The minimum atomic E-state index is -3.70. The first-order valence-corrected chi connectivity index (χ1v) is 9.34. The van der Waals surface area contributed by atoms with E-state index in [1.807, 2.05) is 23.6 Å². The predicted molar refractivity (Wildman–Crippen MR) is 86.0 cm³/mol. The monoisotopic (exact) mass is 352 g/mol. The Hall–Kier alpha value is -1.90. The quantitative estimate of drug-likeness (QED) is 0.737. The first kappa shape index (κ1) is 16.0. The Kier molecular flexibility index (Phi) is 4.38. The third-order valence-corrected chi connectivity index (χ3v) is 6.14. The van der Waals surface area contributed by atoms with Gasteiger partial charge in [0.25, 0.3) is 0 Å². The van der Waals surface area contributed by atoms with Gasteiger partial charge in [0, 0.05) is 11.4 Å². The van der Waals surface area contributed by atoms with Crippen LogP contribution in [0.1, 0.15) is 28.0 Å². The summed E-state index contributed by atoms with van der Waals surface area (Å²) < 4.78 is 38.1. The highest BCUT2D eigenvalue weighted by Gasteiger charge is 2.27. The molecule has 23 heavy (non-hydrogen) atoms. The molecule has 0 aromatic carbocycles. The van der Waals surface area contributed by atoms with Crippen LogP contribution in [-0.2, 0) is 10.0 Å². The highest BCUT2D eigenvalue weighted by Crippen LogP contribution is 2.29. The van der Waals surface area contributed by atoms with E-state index in [1.54, 1.807) is 37.5 Å². The lowest BCUT2D eigenvalue weighted by Gasteiger charge is -2.14. The zero-order valence-electron chi connectivity index (χ0n) is 12.6. The topological polar surface area (TPSA) is 85.3 Å². The summed E-state index contributed by atoms with van der Waals surface area (Å²) in [5.41, 5.74) is 0.348. The van der Waals surface area contributed by atoms with Gasteiger partial charge in [-0.15, -0.1) is 11.3 Å². The number of furan rings is 1. The molecule has 0 bridgehead atoms. The van der Waals surface area contributed by atoms with Gasteiger partial charge in [-0.25, -0.2) is 13.1 Å². The van der Waals surface area contributed by atoms with Crippen molar-refractivity contribution in [2.45, 2.75) is 24.7 Å². The third kappa shape index (κ3) is 3.24. The number of nitrogens with zero attached hydrogens (tertiary/aromatic N) is 1. The summed E-state index contributed by atoms with van der Waals surface area (Å²) in [5.74, 6) is 0.815. The van der Waals surface area contributed by atoms with Gasteiger partial charge in [0.1, 0.15) is 16.3 Å². The molecule has 0 amide bonds. The zero-order chi connectivity index (χ0) is 16.4. The maximum Gasteiger partial charge on any atom is 0.246 e. The van der Waals surface area contributed by atoms with E-state index in [-0.39, 0.29) is 23.1 Å². The average molecular weight is 352 g/mol. The van der Waals surface area contributed by atoms with Gasteiger partial charge in [-0.1, -0.05) is 11.2 Å². The van der Waals surface area contributed by atoms with Crippen molar-refractivity contribution in [2.75, 3.05) is 6.54 Å². The second-order valence-electron chi connectivity index (χ2n) is 5.09. The number of hydrogen-bond acceptors (Lipinski definition) is 6. The highest BCUT2D eigenvalue weighted by atomic mass is 32.2. The molecule has 0 radical (unpaired) electrons. The van der Waals surface area contributed by atoms with Crippen LogP contribution in [-0.4, -0.2) is 20.1 Å². The fourth-order valence-corrected chi connectivity index (χ4v) is 4.65. The summed E-state index contributed by atoms with van der Waals surface area (Å²) in [6.45, 7) is 3.38. The molecule has 3 rings (SSSR count). The lowest BCUT2D eigenvalue weighted by molar-refractivity contribution is 0.390. The van der Waals surface area contributed by atoms with E-state index in [1.165, 1.54) is 0 Å². The number of thiophene rings is 1. The van der Waals surface area contributed by atoms with E-state index in [0.717, 1.165) is 4.88 Å². The van der Waals surface area contributed by atoms with Gasteiger partial charge in [0.05, 0.1) is 12.2 Å². The van der Waals surface area contributed by atoms with Crippen LogP contribution in [0.2, 0.25) is 0 Å². The van der Waals surface area contributed by atoms with Crippen LogP contribution >= 0.6 is 11.3 Å². The van der Waals surface area contributed by atoms with Crippen molar-refractivity contribution in [1.82, 2.24) is 9.88 Å². The molecule has 0 saturated carbocycles. The van der Waals surface area contributed by atoms with Crippen molar-refractivity contribution in [1.29, 1.82) is 0 Å². The standard InChI is InChI=1S/C15H16N2O4S2/c1-10-15(11(2)21-17-10)23(18,19)16-9-12(13-5-3-7-20-13)14-6-4-8-22-14/h3-8,12,16H,9H2,1-2H3/t12-/m1/s1. The normalized spacial score (nSPS) is 13.3. The van der Waals surface area contributed by atoms with Gasteiger partial charge < -0.3 is 8.94 Å². The van der Waals surface area contributed by atoms with Gasteiger partial charge >= 0.3 is 0 Å². The van der Waals surface area contributed by atoms with Crippen LogP contribution in [0.25, 0.3) is 0 Å². The molecule has 3 aromatic heterocycles. The van der Waals surface area contributed by atoms with Crippen LogP contribution in [0.15, 0.2) is 49.7 Å². The molecule has 8 heteroatoms. The Morgan fingerprint density at radius 2 is 2.13 bits per heavy atom. The SMILES string of the molecule is Cc1noc(C)c1S(=O)(=O)NC[C@H](c1ccco1)c1cccs1. The van der Waals surface area contributed by atoms with Gasteiger partial charge in [-0.05, 0) is 37.4 Å². The smallest absolute Gasteiger partial charge is 0.246 e. The van der Waals surface area contributed by atoms with Gasteiger partial charge in [0.2, 0.25) is 10.0 Å². The molecule has 1 N–H and O–H groups in total. The van der Waals surface area contributed by atoms with Crippen molar-refractivity contribution < 1.29 is 17.4 Å². The largest absolute Gasteiger partial charge is 0.469 e. The summed E-state index contributed by atoms with van der Waals surface area (Å²) in [7, 11) is -3.70. The highest BCUT2D eigenvalue weighted by molar-refractivity contribution is 7.89. The molecule has 1 atom stereocenters. The van der Waals surface area contributed by atoms with Gasteiger partial charge in [-0.2, -0.15) is 0 Å². The van der Waals surface area contributed by atoms with E-state index < -0.39 is 10.0 Å². The molecular weight excluding hydrogens is 336 g/mol. The van der Waals surface area contributed by atoms with E-state index in [0.29, 0.717) is 11.5 Å². The molecule has 3 aromatic rings.